The Morgan fingerprint density at radius 1 is 1.50 bits per heavy atom. The lowest BCUT2D eigenvalue weighted by Gasteiger charge is -1.96. The predicted octanol–water partition coefficient (Wildman–Crippen LogP) is 0.708. The molecule has 2 heterocycles. The first-order chi connectivity index (χ1) is 7.61. The van der Waals surface area contributed by atoms with Gasteiger partial charge in [0, 0.05) is 12.3 Å². The van der Waals surface area contributed by atoms with Gasteiger partial charge in [-0.1, -0.05) is 0 Å². The number of nitrogens with zero attached hydrogens (tertiary/aromatic N) is 2. The molecule has 82 valence electrons. The lowest BCUT2D eigenvalue weighted by atomic mass is 10.3. The highest BCUT2D eigenvalue weighted by molar-refractivity contribution is 5.92. The number of fused-ring (bicyclic) bond motifs is 1. The van der Waals surface area contributed by atoms with Gasteiger partial charge in [0.1, 0.15) is 0 Å². The second-order valence-electron chi connectivity index (χ2n) is 2.86. The number of pyridine rings is 1. The Morgan fingerprint density at radius 3 is 2.88 bits per heavy atom. The zero-order valence-corrected chi connectivity index (χ0v) is 8.13. The van der Waals surface area contributed by atoms with Crippen molar-refractivity contribution >= 4 is 23.2 Å². The summed E-state index contributed by atoms with van der Waals surface area (Å²) >= 11 is 0. The molecule has 0 aliphatic carbocycles. The molecule has 0 spiro atoms. The number of carboxylic acid groups (broad SMARTS) is 1. The quantitative estimate of drug-likeness (QED) is 0.746. The number of aromatic nitrogens is 2. The maximum absolute atomic E-state index is 11.2. The molecular formula is C9H6N2O5. The van der Waals surface area contributed by atoms with Crippen molar-refractivity contribution in [3.63, 3.8) is 0 Å². The Bertz CT molecular complexity index is 574. The molecule has 2 aromatic heterocycles. The number of hydrogen-bond donors (Lipinski definition) is 1. The molecule has 0 saturated carbocycles. The van der Waals surface area contributed by atoms with Crippen LogP contribution in [0.2, 0.25) is 0 Å². The first kappa shape index (κ1) is 10.1. The number of esters is 1. The van der Waals surface area contributed by atoms with E-state index in [1.54, 1.807) is 0 Å². The van der Waals surface area contributed by atoms with Crippen LogP contribution >= 0.6 is 0 Å². The molecular weight excluding hydrogens is 216 g/mol. The molecule has 7 nitrogen and oxygen atoms in total. The fourth-order valence-electron chi connectivity index (χ4n) is 1.14. The Morgan fingerprint density at radius 2 is 2.25 bits per heavy atom. The van der Waals surface area contributed by atoms with Gasteiger partial charge < -0.3 is 14.3 Å². The molecule has 0 atom stereocenters. The van der Waals surface area contributed by atoms with Crippen LogP contribution in [-0.2, 0) is 4.74 Å². The van der Waals surface area contributed by atoms with Crippen LogP contribution in [0, 0.1) is 0 Å². The lowest BCUT2D eigenvalue weighted by molar-refractivity contribution is 0.0599. The van der Waals surface area contributed by atoms with Crippen LogP contribution in [-0.4, -0.2) is 34.1 Å². The number of oxazole rings is 1. The number of rotatable bonds is 2. The molecule has 0 radical (unpaired) electrons. The van der Waals surface area contributed by atoms with Gasteiger partial charge in [-0.2, -0.15) is 4.98 Å². The maximum Gasteiger partial charge on any atom is 0.392 e. The van der Waals surface area contributed by atoms with Crippen molar-refractivity contribution in [2.24, 2.45) is 0 Å². The third-order valence-corrected chi connectivity index (χ3v) is 1.85. The van der Waals surface area contributed by atoms with E-state index in [4.69, 9.17) is 9.52 Å². The second-order valence-corrected chi connectivity index (χ2v) is 2.86. The number of aromatic carboxylic acids is 1. The molecule has 1 N–H and O–H groups in total. The third-order valence-electron chi connectivity index (χ3n) is 1.85. The van der Waals surface area contributed by atoms with Crippen LogP contribution < -0.4 is 0 Å². The van der Waals surface area contributed by atoms with Gasteiger partial charge >= 0.3 is 17.8 Å². The van der Waals surface area contributed by atoms with Crippen LogP contribution in [0.25, 0.3) is 11.2 Å². The highest BCUT2D eigenvalue weighted by atomic mass is 16.5. The number of hydrogen-bond acceptors (Lipinski definition) is 6. The van der Waals surface area contributed by atoms with E-state index in [9.17, 15) is 9.59 Å². The Hall–Kier alpha value is -2.44. The Balaban J connectivity index is 2.53. The zero-order chi connectivity index (χ0) is 11.7. The van der Waals surface area contributed by atoms with Crippen molar-refractivity contribution in [2.45, 2.75) is 0 Å². The predicted molar refractivity (Wildman–Crippen MR) is 50.1 cm³/mol. The normalized spacial score (nSPS) is 10.3. The molecule has 0 unspecified atom stereocenters. The molecule has 0 aromatic carbocycles. The van der Waals surface area contributed by atoms with E-state index in [-0.39, 0.29) is 16.8 Å². The van der Waals surface area contributed by atoms with Crippen molar-refractivity contribution in [1.82, 2.24) is 9.97 Å². The summed E-state index contributed by atoms with van der Waals surface area (Å²) in [6.07, 6.45) is 1.24. The highest BCUT2D eigenvalue weighted by Gasteiger charge is 2.15. The van der Waals surface area contributed by atoms with E-state index in [1.807, 2.05) is 0 Å². The van der Waals surface area contributed by atoms with Crippen LogP contribution in [0.15, 0.2) is 16.7 Å². The fourth-order valence-corrected chi connectivity index (χ4v) is 1.14. The van der Waals surface area contributed by atoms with Crippen molar-refractivity contribution in [1.29, 1.82) is 0 Å². The molecule has 16 heavy (non-hydrogen) atoms. The first-order valence-electron chi connectivity index (χ1n) is 4.20. The van der Waals surface area contributed by atoms with Crippen LogP contribution in [0.4, 0.5) is 0 Å². The molecule has 0 fully saturated rings. The fraction of sp³-hybridized carbons (Fsp3) is 0.111. The molecule has 0 amide bonds. The van der Waals surface area contributed by atoms with Gasteiger partial charge in [0.15, 0.2) is 11.2 Å². The van der Waals surface area contributed by atoms with Gasteiger partial charge in [-0.3, -0.25) is 0 Å². The zero-order valence-electron chi connectivity index (χ0n) is 8.13. The third kappa shape index (κ3) is 1.58. The molecule has 0 aliphatic rings. The van der Waals surface area contributed by atoms with Crippen molar-refractivity contribution in [3.8, 4) is 0 Å². The van der Waals surface area contributed by atoms with Gasteiger partial charge in [0.05, 0.1) is 12.7 Å². The minimum atomic E-state index is -1.29. The largest absolute Gasteiger partial charge is 0.474 e. The highest BCUT2D eigenvalue weighted by Crippen LogP contribution is 2.15. The van der Waals surface area contributed by atoms with Crippen molar-refractivity contribution in [3.05, 3.63) is 23.7 Å². The average molecular weight is 222 g/mol. The number of carbonyl (C=O) groups excluding carboxylic acids is 1. The van der Waals surface area contributed by atoms with Gasteiger partial charge in [-0.05, 0) is 0 Å². The van der Waals surface area contributed by atoms with Gasteiger partial charge in [0.25, 0.3) is 0 Å². The molecule has 0 aliphatic heterocycles. The summed E-state index contributed by atoms with van der Waals surface area (Å²) < 4.78 is 9.37. The molecule has 2 rings (SSSR count). The van der Waals surface area contributed by atoms with E-state index in [2.05, 4.69) is 14.7 Å². The number of ether oxygens (including phenoxy) is 1. The molecule has 7 heteroatoms. The molecule has 0 saturated heterocycles. The Labute approximate surface area is 88.7 Å². The van der Waals surface area contributed by atoms with E-state index >= 15 is 0 Å². The summed E-state index contributed by atoms with van der Waals surface area (Å²) in [6.45, 7) is 0. The smallest absolute Gasteiger partial charge is 0.392 e. The minimum Gasteiger partial charge on any atom is -0.474 e. The summed E-state index contributed by atoms with van der Waals surface area (Å²) in [5.41, 5.74) is 0.424. The minimum absolute atomic E-state index is 0.125. The van der Waals surface area contributed by atoms with Crippen LogP contribution in [0.3, 0.4) is 0 Å². The number of carbonyl (C=O) groups is 2. The van der Waals surface area contributed by atoms with E-state index in [1.165, 1.54) is 19.4 Å². The summed E-state index contributed by atoms with van der Waals surface area (Å²) in [7, 11) is 1.23. The maximum atomic E-state index is 11.2. The van der Waals surface area contributed by atoms with E-state index in [0.717, 1.165) is 0 Å². The lowest BCUT2D eigenvalue weighted by Crippen LogP contribution is -2.01. The van der Waals surface area contributed by atoms with E-state index < -0.39 is 17.8 Å². The van der Waals surface area contributed by atoms with Crippen LogP contribution in [0.5, 0.6) is 0 Å². The van der Waals surface area contributed by atoms with Crippen molar-refractivity contribution < 1.29 is 23.8 Å². The molecule has 0 bridgehead atoms. The number of carboxylic acids is 1. The summed E-state index contributed by atoms with van der Waals surface area (Å²) in [5, 5.41) is 8.63. The van der Waals surface area contributed by atoms with Gasteiger partial charge in [0.2, 0.25) is 0 Å². The standard InChI is InChI=1S/C9H6N2O5/c1-15-9(14)4-2-5-6(10-3-4)11-7(16-5)8(12)13/h2-3H,1H3,(H,12,13). The van der Waals surface area contributed by atoms with Crippen molar-refractivity contribution in [2.75, 3.05) is 7.11 Å². The van der Waals surface area contributed by atoms with E-state index in [0.29, 0.717) is 0 Å². The summed E-state index contributed by atoms with van der Waals surface area (Å²) in [6, 6.07) is 1.33. The summed E-state index contributed by atoms with van der Waals surface area (Å²) in [5.74, 6) is -2.34. The van der Waals surface area contributed by atoms with Gasteiger partial charge in [-0.15, -0.1) is 0 Å². The second kappa shape index (κ2) is 3.61. The first-order valence-corrected chi connectivity index (χ1v) is 4.20. The monoisotopic (exact) mass is 222 g/mol. The number of methoxy groups -OCH3 is 1. The van der Waals surface area contributed by atoms with Crippen LogP contribution in [0.1, 0.15) is 21.0 Å². The molecule has 2 aromatic rings. The Kier molecular flexibility index (Phi) is 2.28. The SMILES string of the molecule is COC(=O)c1cnc2nc(C(=O)O)oc2c1. The topological polar surface area (TPSA) is 103 Å². The average Bonchev–Trinajstić information content (AvgIpc) is 2.70. The summed E-state index contributed by atoms with van der Waals surface area (Å²) in [4.78, 5) is 29.1. The van der Waals surface area contributed by atoms with Gasteiger partial charge in [-0.25, -0.2) is 14.6 Å².